The number of hydrogen-bond donors (Lipinski definition) is 4. The van der Waals surface area contributed by atoms with E-state index in [1.54, 1.807) is 28.6 Å². The van der Waals surface area contributed by atoms with E-state index in [0.29, 0.717) is 36.8 Å². The van der Waals surface area contributed by atoms with Crippen molar-refractivity contribution in [2.24, 2.45) is 0 Å². The Hall–Kier alpha value is -3.38. The van der Waals surface area contributed by atoms with E-state index >= 15 is 0 Å². The third kappa shape index (κ3) is 4.46. The Labute approximate surface area is 212 Å². The Balaban J connectivity index is 1.28. The molecule has 4 aliphatic rings. The summed E-state index contributed by atoms with van der Waals surface area (Å²) in [5, 5.41) is 16.2. The number of fused-ring (bicyclic) bond motifs is 1. The predicted octanol–water partition coefficient (Wildman–Crippen LogP) is 1.75. The first-order valence-corrected chi connectivity index (χ1v) is 13.1. The summed E-state index contributed by atoms with van der Waals surface area (Å²) in [5.41, 5.74) is 2.21. The lowest BCUT2D eigenvalue weighted by Crippen LogP contribution is -2.55. The molecule has 3 aliphatic heterocycles. The highest BCUT2D eigenvalue weighted by molar-refractivity contribution is 8.04. The van der Waals surface area contributed by atoms with Crippen LogP contribution in [0.15, 0.2) is 28.9 Å². The van der Waals surface area contributed by atoms with Gasteiger partial charge in [-0.3, -0.25) is 14.9 Å². The van der Waals surface area contributed by atoms with E-state index in [2.05, 4.69) is 40.2 Å². The fourth-order valence-corrected chi connectivity index (χ4v) is 6.04. The van der Waals surface area contributed by atoms with Crippen molar-refractivity contribution >= 4 is 47.1 Å². The highest BCUT2D eigenvalue weighted by Crippen LogP contribution is 2.44. The summed E-state index contributed by atoms with van der Waals surface area (Å²) < 4.78 is 1.73. The Bertz CT molecular complexity index is 1320. The number of aromatic nitrogens is 3. The molecule has 0 spiro atoms. The quantitative estimate of drug-likeness (QED) is 0.355. The van der Waals surface area contributed by atoms with Gasteiger partial charge < -0.3 is 20.9 Å². The minimum absolute atomic E-state index is 0.00338. The van der Waals surface area contributed by atoms with E-state index in [4.69, 9.17) is 4.98 Å². The third-order valence-electron chi connectivity index (χ3n) is 6.64. The first kappa shape index (κ1) is 23.0. The number of carbonyl (C=O) groups is 3. The molecule has 5 heterocycles. The molecule has 0 bridgehead atoms. The van der Waals surface area contributed by atoms with Crippen LogP contribution >= 0.6 is 11.8 Å². The Morgan fingerprint density at radius 3 is 2.67 bits per heavy atom. The van der Waals surface area contributed by atoms with Crippen LogP contribution in [0.5, 0.6) is 0 Å². The van der Waals surface area contributed by atoms with Gasteiger partial charge in [0.05, 0.1) is 22.0 Å². The second-order valence-electron chi connectivity index (χ2n) is 9.88. The minimum atomic E-state index is -0.550. The zero-order valence-electron chi connectivity index (χ0n) is 20.1. The molecule has 4 N–H and O–H groups in total. The smallest absolute Gasteiger partial charge is 0.326 e. The highest BCUT2D eigenvalue weighted by atomic mass is 32.2. The topological polar surface area (TPSA) is 133 Å². The summed E-state index contributed by atoms with van der Waals surface area (Å²) in [7, 11) is 0. The van der Waals surface area contributed by atoms with Gasteiger partial charge in [-0.05, 0) is 39.2 Å². The summed E-state index contributed by atoms with van der Waals surface area (Å²) in [6.45, 7) is 5.59. The van der Waals surface area contributed by atoms with Gasteiger partial charge >= 0.3 is 6.03 Å². The Morgan fingerprint density at radius 1 is 1.19 bits per heavy atom. The molecule has 12 heteroatoms. The number of nitrogens with zero attached hydrogens (tertiary/aromatic N) is 4. The molecule has 1 aliphatic carbocycles. The van der Waals surface area contributed by atoms with Crippen molar-refractivity contribution < 1.29 is 14.4 Å². The molecule has 2 aromatic rings. The number of imide groups is 1. The van der Waals surface area contributed by atoms with Gasteiger partial charge in [-0.25, -0.2) is 9.78 Å². The summed E-state index contributed by atoms with van der Waals surface area (Å²) in [6, 6.07) is 2.39. The van der Waals surface area contributed by atoms with Crippen molar-refractivity contribution in [1.29, 1.82) is 0 Å². The first-order chi connectivity index (χ1) is 17.3. The molecule has 1 saturated carbocycles. The van der Waals surface area contributed by atoms with Crippen LogP contribution in [0.25, 0.3) is 11.7 Å². The van der Waals surface area contributed by atoms with Gasteiger partial charge in [0.25, 0.3) is 11.8 Å². The van der Waals surface area contributed by atoms with Crippen molar-refractivity contribution in [3.05, 3.63) is 40.2 Å². The van der Waals surface area contributed by atoms with Crippen LogP contribution in [0.3, 0.4) is 0 Å². The maximum absolute atomic E-state index is 13.2. The van der Waals surface area contributed by atoms with E-state index in [1.807, 2.05) is 17.0 Å². The maximum atomic E-state index is 13.2. The molecule has 6 rings (SSSR count). The molecule has 36 heavy (non-hydrogen) atoms. The van der Waals surface area contributed by atoms with Gasteiger partial charge in [0.1, 0.15) is 11.5 Å². The number of hydrogen-bond acceptors (Lipinski definition) is 8. The van der Waals surface area contributed by atoms with Gasteiger partial charge in [-0.2, -0.15) is 9.61 Å². The van der Waals surface area contributed by atoms with Crippen LogP contribution in [-0.4, -0.2) is 68.6 Å². The fourth-order valence-electron chi connectivity index (χ4n) is 4.87. The van der Waals surface area contributed by atoms with Gasteiger partial charge in [-0.15, -0.1) is 11.8 Å². The molecular weight excluding hydrogens is 480 g/mol. The summed E-state index contributed by atoms with van der Waals surface area (Å²) >= 11 is 1.55. The lowest BCUT2D eigenvalue weighted by molar-refractivity contribution is -0.128. The number of carbonyl (C=O) groups excluding carboxylic acids is 3. The molecule has 3 fully saturated rings. The van der Waals surface area contributed by atoms with Crippen LogP contribution in [0, 0.1) is 0 Å². The maximum Gasteiger partial charge on any atom is 0.326 e. The molecule has 4 amide bonds. The molecule has 188 valence electrons. The summed E-state index contributed by atoms with van der Waals surface area (Å²) in [5.74, 6) is 0.423. The lowest BCUT2D eigenvalue weighted by Gasteiger charge is -2.36. The van der Waals surface area contributed by atoms with Crippen LogP contribution < -0.4 is 21.3 Å². The molecule has 11 nitrogen and oxygen atoms in total. The number of allylic oxidation sites excluding steroid dienone is 1. The van der Waals surface area contributed by atoms with E-state index in [0.717, 1.165) is 29.3 Å². The molecule has 3 unspecified atom stereocenters. The number of rotatable bonds is 5. The molecular formula is C24H28N8O3S. The van der Waals surface area contributed by atoms with Crippen LogP contribution in [-0.2, 0) is 9.59 Å². The lowest BCUT2D eigenvalue weighted by atomic mass is 10.1. The SMILES string of the molecule is CC1CN(C(=O)C2=CCC(c3cc(NC4CC4)n4ncc(/C=C5\NC(=O)NC5=O)c4n3)S2)CC(C)N1. The van der Waals surface area contributed by atoms with E-state index in [1.165, 1.54) is 0 Å². The van der Waals surface area contributed by atoms with Crippen LogP contribution in [0.1, 0.15) is 49.6 Å². The van der Waals surface area contributed by atoms with E-state index in [-0.39, 0.29) is 28.9 Å². The average Bonchev–Trinajstić information content (AvgIpc) is 3.22. The molecule has 2 aromatic heterocycles. The van der Waals surface area contributed by atoms with Gasteiger partial charge in [-0.1, -0.05) is 6.08 Å². The third-order valence-corrected chi connectivity index (χ3v) is 7.95. The predicted molar refractivity (Wildman–Crippen MR) is 136 cm³/mol. The van der Waals surface area contributed by atoms with Gasteiger partial charge in [0.2, 0.25) is 0 Å². The second kappa shape index (κ2) is 8.93. The van der Waals surface area contributed by atoms with Gasteiger partial charge in [0, 0.05) is 42.8 Å². The van der Waals surface area contributed by atoms with Gasteiger partial charge in [0.15, 0.2) is 5.65 Å². The molecule has 3 atom stereocenters. The highest BCUT2D eigenvalue weighted by Gasteiger charge is 2.32. The summed E-state index contributed by atoms with van der Waals surface area (Å²) in [6.07, 6.45) is 8.15. The Kier molecular flexibility index (Phi) is 5.72. The number of thioether (sulfide) groups is 1. The second-order valence-corrected chi connectivity index (χ2v) is 11.1. The Morgan fingerprint density at radius 2 is 1.97 bits per heavy atom. The fraction of sp³-hybridized carbons (Fsp3) is 0.458. The number of amides is 4. The molecule has 0 radical (unpaired) electrons. The van der Waals surface area contributed by atoms with Crippen molar-refractivity contribution in [2.75, 3.05) is 18.4 Å². The number of anilines is 1. The largest absolute Gasteiger partial charge is 0.367 e. The number of piperazine rings is 1. The van der Waals surface area contributed by atoms with Crippen molar-refractivity contribution in [3.63, 3.8) is 0 Å². The van der Waals surface area contributed by atoms with Crippen molar-refractivity contribution in [3.8, 4) is 0 Å². The zero-order valence-corrected chi connectivity index (χ0v) is 20.9. The minimum Gasteiger partial charge on any atom is -0.367 e. The summed E-state index contributed by atoms with van der Waals surface area (Å²) in [4.78, 5) is 44.4. The van der Waals surface area contributed by atoms with Crippen molar-refractivity contribution in [1.82, 2.24) is 35.4 Å². The number of urea groups is 1. The van der Waals surface area contributed by atoms with E-state index in [9.17, 15) is 14.4 Å². The first-order valence-electron chi connectivity index (χ1n) is 12.3. The average molecular weight is 509 g/mol. The normalized spacial score (nSPS) is 27.4. The number of nitrogens with one attached hydrogen (secondary N) is 4. The standard InChI is InChI=1S/C24H28N8O3S/c1-12-10-31(11-13(2)26-12)23(34)19-6-5-18(36-19)16-8-20(27-15-3-4-15)32-21(28-16)14(9-25-32)7-17-22(33)30-24(35)29-17/h6-9,12-13,15,18,26-27H,3-5,10-11H2,1-2H3,(H2,29,30,33,35)/b17-7-. The van der Waals surface area contributed by atoms with Crippen molar-refractivity contribution in [2.45, 2.75) is 56.5 Å². The monoisotopic (exact) mass is 508 g/mol. The molecule has 0 aromatic carbocycles. The van der Waals surface area contributed by atoms with Crippen LogP contribution in [0.4, 0.5) is 10.6 Å². The van der Waals surface area contributed by atoms with Crippen LogP contribution in [0.2, 0.25) is 0 Å². The molecule has 2 saturated heterocycles. The zero-order chi connectivity index (χ0) is 25.0. The van der Waals surface area contributed by atoms with E-state index < -0.39 is 11.9 Å².